The molecule has 2 aliphatic rings. The Labute approximate surface area is 444 Å². The van der Waals surface area contributed by atoms with E-state index in [0.717, 1.165) is 64.2 Å². The van der Waals surface area contributed by atoms with E-state index in [-0.39, 0.29) is 67.6 Å². The third kappa shape index (κ3) is 13.7. The number of rotatable bonds is 17. The summed E-state index contributed by atoms with van der Waals surface area (Å²) in [5, 5.41) is 10.3. The minimum Gasteiger partial charge on any atom is -0.457 e. The Morgan fingerprint density at radius 1 is 0.855 bits per heavy atom. The molecule has 0 bridgehead atoms. The number of aromatic nitrogens is 1. The van der Waals surface area contributed by atoms with Crippen molar-refractivity contribution in [2.24, 2.45) is 11.3 Å². The van der Waals surface area contributed by atoms with Crippen LogP contribution in [-0.2, 0) is 43.1 Å². The lowest BCUT2D eigenvalue weighted by Crippen LogP contribution is -2.57. The minimum absolute atomic E-state index is 0.0107. The van der Waals surface area contributed by atoms with Gasteiger partial charge in [-0.25, -0.2) is 4.98 Å². The number of ether oxygens (including phenoxy) is 1. The Morgan fingerprint density at radius 3 is 2.25 bits per heavy atom. The number of carbonyl (C=O) groups is 6. The lowest BCUT2D eigenvalue weighted by Gasteiger charge is -2.35. The molecule has 0 spiro atoms. The van der Waals surface area contributed by atoms with Crippen molar-refractivity contribution < 1.29 is 46.7 Å². The first-order valence-corrected chi connectivity index (χ1v) is 26.5. The molecule has 1 aromatic heterocycles. The molecular weight excluding hydrogens is 994 g/mol. The predicted octanol–water partition coefficient (Wildman–Crippen LogP) is 10.5. The molecule has 17 heteroatoms. The summed E-state index contributed by atoms with van der Waals surface area (Å²) in [6, 6.07) is 27.9. The highest BCUT2D eigenvalue weighted by atomic mass is 32.1. The molecule has 5 amide bonds. The summed E-state index contributed by atoms with van der Waals surface area (Å²) in [7, 11) is 0. The summed E-state index contributed by atoms with van der Waals surface area (Å²) in [5.41, 5.74) is 5.25. The van der Waals surface area contributed by atoms with E-state index < -0.39 is 41.1 Å². The normalized spacial score (nSPS) is 16.1. The summed E-state index contributed by atoms with van der Waals surface area (Å²) >= 11 is 1.56. The number of ketones is 1. The van der Waals surface area contributed by atoms with Crippen LogP contribution in [0.5, 0.6) is 11.5 Å². The third-order valence-corrected chi connectivity index (χ3v) is 15.2. The molecule has 76 heavy (non-hydrogen) atoms. The third-order valence-electron chi connectivity index (χ3n) is 14.2. The fraction of sp³-hybridized carbons (Fsp3) is 0.373. The van der Waals surface area contributed by atoms with Gasteiger partial charge in [-0.1, -0.05) is 81.4 Å². The van der Waals surface area contributed by atoms with Crippen LogP contribution >= 0.6 is 11.3 Å². The zero-order chi connectivity index (χ0) is 54.3. The van der Waals surface area contributed by atoms with Crippen molar-refractivity contribution in [2.45, 2.75) is 110 Å². The number of hydrogen-bond acceptors (Lipinski definition) is 9. The number of amides is 5. The average molecular weight is 1060 g/mol. The zero-order valence-corrected chi connectivity index (χ0v) is 44.1. The highest BCUT2D eigenvalue weighted by Gasteiger charge is 2.45. The van der Waals surface area contributed by atoms with Crippen molar-refractivity contribution in [1.29, 1.82) is 0 Å². The van der Waals surface area contributed by atoms with Crippen LogP contribution in [0.4, 0.5) is 13.2 Å². The van der Waals surface area contributed by atoms with E-state index in [2.05, 4.69) is 20.9 Å². The first-order valence-electron chi connectivity index (χ1n) is 25.6. The zero-order valence-electron chi connectivity index (χ0n) is 43.3. The first kappa shape index (κ1) is 54.8. The van der Waals surface area contributed by atoms with Crippen LogP contribution in [0.3, 0.4) is 0 Å². The minimum atomic E-state index is -4.45. The van der Waals surface area contributed by atoms with Gasteiger partial charge in [0.05, 0.1) is 40.7 Å². The van der Waals surface area contributed by atoms with E-state index in [4.69, 9.17) is 4.74 Å². The Kier molecular flexibility index (Phi) is 17.1. The number of alkyl halides is 3. The number of carbonyl (C=O) groups excluding carboxylic acids is 6. The Balaban J connectivity index is 0.760. The van der Waals surface area contributed by atoms with Gasteiger partial charge in [-0.15, -0.1) is 11.3 Å². The number of hydrogen-bond donors (Lipinski definition) is 3. The molecule has 3 atom stereocenters. The van der Waals surface area contributed by atoms with Gasteiger partial charge < -0.3 is 30.5 Å². The van der Waals surface area contributed by atoms with Crippen LogP contribution in [0.2, 0.25) is 0 Å². The van der Waals surface area contributed by atoms with E-state index >= 15 is 0 Å². The van der Waals surface area contributed by atoms with Crippen molar-refractivity contribution in [1.82, 2.24) is 30.7 Å². The molecule has 0 saturated carbocycles. The van der Waals surface area contributed by atoms with Crippen molar-refractivity contribution in [3.8, 4) is 21.9 Å². The molecule has 2 saturated heterocycles. The number of fused-ring (bicyclic) bond motifs is 1. The van der Waals surface area contributed by atoms with Crippen LogP contribution < -0.4 is 20.7 Å². The van der Waals surface area contributed by atoms with Gasteiger partial charge in [-0.2, -0.15) is 13.2 Å². The topological polar surface area (TPSA) is 167 Å². The Morgan fingerprint density at radius 2 is 1.57 bits per heavy atom. The fourth-order valence-electron chi connectivity index (χ4n) is 9.86. The molecule has 3 N–H and O–H groups in total. The molecule has 0 unspecified atom stereocenters. The maximum absolute atomic E-state index is 14.2. The SMILES string of the molecule is Cc1ncsc1-c1ccc([C@H](C)NC(=O)[C@@H]2CC(=O)CN2C(=O)[C@@H](NC(=O)CCCC2CCN(C(=O)Cc3cccc(CNC(=O)c4ccc5c(Oc6ccc(C(F)(F)F)cc6)cccc5c4)c3)CC2)C(C)(C)C)cc1. The molecule has 0 aliphatic carbocycles. The van der Waals surface area contributed by atoms with Crippen molar-refractivity contribution >= 4 is 57.4 Å². The van der Waals surface area contributed by atoms with Gasteiger partial charge in [0.2, 0.25) is 23.6 Å². The van der Waals surface area contributed by atoms with E-state index in [1.807, 2.05) is 94.1 Å². The van der Waals surface area contributed by atoms with Gasteiger partial charge in [0.15, 0.2) is 5.78 Å². The molecule has 2 aliphatic heterocycles. The highest BCUT2D eigenvalue weighted by Crippen LogP contribution is 2.35. The number of nitrogens with zero attached hydrogens (tertiary/aromatic N) is 3. The molecular formula is C59H63F3N6O7S. The first-order chi connectivity index (χ1) is 36.2. The molecule has 2 fully saturated rings. The lowest BCUT2D eigenvalue weighted by molar-refractivity contribution is -0.144. The van der Waals surface area contributed by atoms with Crippen molar-refractivity contribution in [3.05, 3.63) is 148 Å². The largest absolute Gasteiger partial charge is 0.457 e. The number of halogens is 3. The van der Waals surface area contributed by atoms with Crippen LogP contribution in [0, 0.1) is 18.3 Å². The van der Waals surface area contributed by atoms with Crippen LogP contribution in [-0.4, -0.2) is 81.8 Å². The lowest BCUT2D eigenvalue weighted by atomic mass is 9.85. The highest BCUT2D eigenvalue weighted by molar-refractivity contribution is 7.13. The number of aryl methyl sites for hydroxylation is 1. The predicted molar refractivity (Wildman–Crippen MR) is 285 cm³/mol. The maximum Gasteiger partial charge on any atom is 0.416 e. The van der Waals surface area contributed by atoms with E-state index in [1.165, 1.54) is 17.0 Å². The number of thiazole rings is 1. The number of piperidine rings is 1. The van der Waals surface area contributed by atoms with Crippen LogP contribution in [0.25, 0.3) is 21.2 Å². The number of Topliss-reactive ketones (excluding diaryl/α,β-unsaturated/α-hetero) is 1. The molecule has 0 radical (unpaired) electrons. The van der Waals surface area contributed by atoms with Crippen LogP contribution in [0.15, 0.2) is 115 Å². The summed E-state index contributed by atoms with van der Waals surface area (Å²) in [5.74, 6) is -0.675. The summed E-state index contributed by atoms with van der Waals surface area (Å²) in [6.07, 6.45) is -1.16. The summed E-state index contributed by atoms with van der Waals surface area (Å²) in [4.78, 5) is 89.4. The van der Waals surface area contributed by atoms with Gasteiger partial charge in [0.1, 0.15) is 23.6 Å². The van der Waals surface area contributed by atoms with Crippen molar-refractivity contribution in [3.63, 3.8) is 0 Å². The fourth-order valence-corrected chi connectivity index (χ4v) is 10.7. The standard InChI is InChI=1S/C59H63F3N6O7S/c1-36(41-15-17-42(18-16-41)53-37(2)64-35-76-53)65-56(73)49-32-46(69)34-68(49)57(74)54(58(3,4)5)66-51(70)14-7-9-38-25-27-67(28-26-38)52(71)30-39-10-6-11-40(29-39)33-63-55(72)44-19-24-48-43(31-44)12-8-13-50(48)75-47-22-20-45(21-23-47)59(60,61)62/h6,8,10-13,15-24,29,31,35-36,38,49,54H,7,9,14,25-28,30,32-34H2,1-5H3,(H,63,72)(H,65,73)(H,66,70)/t36-,49-,54+/m0/s1. The second-order valence-corrected chi connectivity index (χ2v) is 21.8. The van der Waals surface area contributed by atoms with Crippen molar-refractivity contribution in [2.75, 3.05) is 19.6 Å². The molecule has 3 heterocycles. The molecule has 13 nitrogen and oxygen atoms in total. The van der Waals surface area contributed by atoms with Gasteiger partial charge in [-0.05, 0) is 127 Å². The quantitative estimate of drug-likeness (QED) is 0.0812. The Hall–Kier alpha value is -7.40. The van der Waals surface area contributed by atoms with Gasteiger partial charge in [0, 0.05) is 43.4 Å². The summed E-state index contributed by atoms with van der Waals surface area (Å²) in [6.45, 7) is 10.6. The maximum atomic E-state index is 14.2. The molecule has 5 aromatic carbocycles. The van der Waals surface area contributed by atoms with Crippen LogP contribution in [0.1, 0.15) is 111 Å². The molecule has 8 rings (SSSR count). The van der Waals surface area contributed by atoms with E-state index in [9.17, 15) is 41.9 Å². The van der Waals surface area contributed by atoms with Gasteiger partial charge in [-0.3, -0.25) is 28.8 Å². The Bertz CT molecular complexity index is 3090. The van der Waals surface area contributed by atoms with E-state index in [0.29, 0.717) is 47.5 Å². The monoisotopic (exact) mass is 1060 g/mol. The van der Waals surface area contributed by atoms with Gasteiger partial charge in [0.25, 0.3) is 5.91 Å². The smallest absolute Gasteiger partial charge is 0.416 e. The molecule has 398 valence electrons. The number of likely N-dealkylation sites (tertiary alicyclic amines) is 2. The molecule has 6 aromatic rings. The average Bonchev–Trinajstić information content (AvgIpc) is 4.01. The number of nitrogens with one attached hydrogen (secondary N) is 3. The summed E-state index contributed by atoms with van der Waals surface area (Å²) < 4.78 is 45.0. The second-order valence-electron chi connectivity index (χ2n) is 20.9. The number of benzene rings is 5. The second kappa shape index (κ2) is 23.6. The van der Waals surface area contributed by atoms with E-state index in [1.54, 1.807) is 47.2 Å². The van der Waals surface area contributed by atoms with Gasteiger partial charge >= 0.3 is 6.18 Å².